The number of rotatable bonds is 4. The molecule has 0 aromatic carbocycles. The van der Waals surface area contributed by atoms with E-state index in [1.165, 1.54) is 6.07 Å². The third-order valence-electron chi connectivity index (χ3n) is 5.08. The predicted molar refractivity (Wildman–Crippen MR) is 106 cm³/mol. The SMILES string of the molecule is CN(c1ccnc(N2CCOCC2)n1)C1CCN(c2ncc(Br)cc2F)C1. The van der Waals surface area contributed by atoms with Crippen LogP contribution < -0.4 is 14.7 Å². The zero-order valence-corrected chi connectivity index (χ0v) is 16.8. The molecule has 2 aliphatic heterocycles. The fourth-order valence-electron chi connectivity index (χ4n) is 3.53. The Morgan fingerprint density at radius 3 is 2.81 bits per heavy atom. The van der Waals surface area contributed by atoms with Gasteiger partial charge < -0.3 is 19.4 Å². The first-order valence-electron chi connectivity index (χ1n) is 9.06. The Hall–Kier alpha value is -2.00. The summed E-state index contributed by atoms with van der Waals surface area (Å²) in [6.07, 6.45) is 4.35. The Balaban J connectivity index is 1.46. The van der Waals surface area contributed by atoms with Crippen LogP contribution in [-0.4, -0.2) is 67.4 Å². The van der Waals surface area contributed by atoms with Crippen LogP contribution in [0.3, 0.4) is 0 Å². The van der Waals surface area contributed by atoms with Gasteiger partial charge in [0.25, 0.3) is 0 Å². The molecule has 4 heterocycles. The van der Waals surface area contributed by atoms with Crippen LogP contribution in [-0.2, 0) is 4.74 Å². The van der Waals surface area contributed by atoms with Gasteiger partial charge >= 0.3 is 0 Å². The average Bonchev–Trinajstić information content (AvgIpc) is 3.18. The monoisotopic (exact) mass is 436 g/mol. The minimum Gasteiger partial charge on any atom is -0.378 e. The summed E-state index contributed by atoms with van der Waals surface area (Å²) < 4.78 is 20.3. The van der Waals surface area contributed by atoms with Crippen molar-refractivity contribution in [1.82, 2.24) is 15.0 Å². The zero-order valence-electron chi connectivity index (χ0n) is 15.2. The summed E-state index contributed by atoms with van der Waals surface area (Å²) in [7, 11) is 2.03. The first kappa shape index (κ1) is 18.4. The summed E-state index contributed by atoms with van der Waals surface area (Å²) in [6, 6.07) is 3.62. The summed E-state index contributed by atoms with van der Waals surface area (Å²) in [6.45, 7) is 4.48. The number of pyridine rings is 1. The minimum atomic E-state index is -0.302. The Morgan fingerprint density at radius 2 is 2.04 bits per heavy atom. The van der Waals surface area contributed by atoms with Gasteiger partial charge in [-0.2, -0.15) is 4.98 Å². The zero-order chi connectivity index (χ0) is 18.8. The molecule has 7 nitrogen and oxygen atoms in total. The number of aromatic nitrogens is 3. The van der Waals surface area contributed by atoms with Crippen molar-refractivity contribution < 1.29 is 9.13 Å². The van der Waals surface area contributed by atoms with E-state index in [1.54, 1.807) is 12.4 Å². The molecule has 9 heteroatoms. The molecule has 0 radical (unpaired) electrons. The highest BCUT2D eigenvalue weighted by molar-refractivity contribution is 9.10. The van der Waals surface area contributed by atoms with E-state index in [-0.39, 0.29) is 11.9 Å². The van der Waals surface area contributed by atoms with E-state index in [1.807, 2.05) is 18.0 Å². The predicted octanol–water partition coefficient (Wildman–Crippen LogP) is 2.32. The van der Waals surface area contributed by atoms with Crippen molar-refractivity contribution in [2.24, 2.45) is 0 Å². The van der Waals surface area contributed by atoms with Crippen molar-refractivity contribution in [2.45, 2.75) is 12.5 Å². The number of hydrogen-bond donors (Lipinski definition) is 0. The van der Waals surface area contributed by atoms with Gasteiger partial charge in [-0.15, -0.1) is 0 Å². The van der Waals surface area contributed by atoms with Crippen molar-refractivity contribution >= 4 is 33.5 Å². The summed E-state index contributed by atoms with van der Waals surface area (Å²) in [5, 5.41) is 0. The van der Waals surface area contributed by atoms with Crippen LogP contribution in [0.4, 0.5) is 22.0 Å². The maximum Gasteiger partial charge on any atom is 0.227 e. The third-order valence-corrected chi connectivity index (χ3v) is 5.52. The topological polar surface area (TPSA) is 57.6 Å². The largest absolute Gasteiger partial charge is 0.378 e. The lowest BCUT2D eigenvalue weighted by molar-refractivity contribution is 0.122. The van der Waals surface area contributed by atoms with Crippen molar-refractivity contribution in [3.63, 3.8) is 0 Å². The van der Waals surface area contributed by atoms with Crippen molar-refractivity contribution in [1.29, 1.82) is 0 Å². The summed E-state index contributed by atoms with van der Waals surface area (Å²) >= 11 is 3.25. The lowest BCUT2D eigenvalue weighted by Crippen LogP contribution is -2.38. The van der Waals surface area contributed by atoms with Crippen LogP contribution >= 0.6 is 15.9 Å². The first-order valence-corrected chi connectivity index (χ1v) is 9.85. The van der Waals surface area contributed by atoms with Crippen molar-refractivity contribution in [3.05, 3.63) is 34.8 Å². The molecule has 1 atom stereocenters. The molecule has 0 N–H and O–H groups in total. The summed E-state index contributed by atoms with van der Waals surface area (Å²) in [5.41, 5.74) is 0. The van der Waals surface area contributed by atoms with Gasteiger partial charge in [0.15, 0.2) is 11.6 Å². The highest BCUT2D eigenvalue weighted by atomic mass is 79.9. The van der Waals surface area contributed by atoms with E-state index in [4.69, 9.17) is 9.72 Å². The quantitative estimate of drug-likeness (QED) is 0.728. The number of ether oxygens (including phenoxy) is 1. The number of likely N-dealkylation sites (N-methyl/N-ethyl adjacent to an activating group) is 1. The summed E-state index contributed by atoms with van der Waals surface area (Å²) in [5.74, 6) is 1.72. The molecule has 0 saturated carbocycles. The van der Waals surface area contributed by atoms with Crippen LogP contribution in [0, 0.1) is 5.82 Å². The molecule has 2 aliphatic rings. The van der Waals surface area contributed by atoms with E-state index < -0.39 is 0 Å². The normalized spacial score (nSPS) is 20.2. The first-order chi connectivity index (χ1) is 13.1. The molecule has 4 rings (SSSR count). The maximum atomic E-state index is 14.2. The molecule has 0 aliphatic carbocycles. The van der Waals surface area contributed by atoms with Gasteiger partial charge in [-0.25, -0.2) is 14.4 Å². The molecule has 2 saturated heterocycles. The second kappa shape index (κ2) is 7.93. The number of hydrogen-bond acceptors (Lipinski definition) is 7. The van der Waals surface area contributed by atoms with Crippen LogP contribution in [0.1, 0.15) is 6.42 Å². The Labute approximate surface area is 166 Å². The fraction of sp³-hybridized carbons (Fsp3) is 0.500. The smallest absolute Gasteiger partial charge is 0.227 e. The summed E-state index contributed by atoms with van der Waals surface area (Å²) in [4.78, 5) is 19.7. The van der Waals surface area contributed by atoms with E-state index in [0.717, 1.165) is 37.8 Å². The number of morpholine rings is 1. The lowest BCUT2D eigenvalue weighted by atomic mass is 10.2. The second-order valence-corrected chi connectivity index (χ2v) is 7.69. The highest BCUT2D eigenvalue weighted by Crippen LogP contribution is 2.27. The number of nitrogens with zero attached hydrogens (tertiary/aromatic N) is 6. The fourth-order valence-corrected chi connectivity index (χ4v) is 3.83. The molecule has 2 fully saturated rings. The van der Waals surface area contributed by atoms with E-state index in [0.29, 0.717) is 30.0 Å². The van der Waals surface area contributed by atoms with Crippen LogP contribution in [0.25, 0.3) is 0 Å². The molecule has 27 heavy (non-hydrogen) atoms. The molecular weight excluding hydrogens is 415 g/mol. The highest BCUT2D eigenvalue weighted by Gasteiger charge is 2.29. The van der Waals surface area contributed by atoms with E-state index >= 15 is 0 Å². The standard InChI is InChI=1S/C18H22BrFN6O/c1-24(16-2-4-21-18(23-16)25-6-8-27-9-7-25)14-3-5-26(12-14)17-15(20)10-13(19)11-22-17/h2,4,10-11,14H,3,5-9,12H2,1H3. The van der Waals surface area contributed by atoms with Gasteiger partial charge in [-0.1, -0.05) is 0 Å². The van der Waals surface area contributed by atoms with Gasteiger partial charge in [0.1, 0.15) is 5.82 Å². The second-order valence-electron chi connectivity index (χ2n) is 6.77. The van der Waals surface area contributed by atoms with Crippen LogP contribution in [0.15, 0.2) is 29.0 Å². The average molecular weight is 437 g/mol. The number of halogens is 2. The van der Waals surface area contributed by atoms with Gasteiger partial charge in [-0.3, -0.25) is 0 Å². The van der Waals surface area contributed by atoms with Crippen LogP contribution in [0.5, 0.6) is 0 Å². The van der Waals surface area contributed by atoms with E-state index in [9.17, 15) is 4.39 Å². The molecule has 1 unspecified atom stereocenters. The van der Waals surface area contributed by atoms with Gasteiger partial charge in [0.2, 0.25) is 5.95 Å². The Morgan fingerprint density at radius 1 is 1.22 bits per heavy atom. The Kier molecular flexibility index (Phi) is 5.40. The Bertz CT molecular complexity index is 803. The molecule has 2 aromatic rings. The van der Waals surface area contributed by atoms with Crippen molar-refractivity contribution in [2.75, 3.05) is 61.1 Å². The molecule has 144 valence electrons. The number of anilines is 3. The minimum absolute atomic E-state index is 0.238. The van der Waals surface area contributed by atoms with Gasteiger partial charge in [-0.05, 0) is 34.5 Å². The molecule has 0 bridgehead atoms. The third kappa shape index (κ3) is 3.98. The molecular formula is C18H22BrFN6O. The van der Waals surface area contributed by atoms with Gasteiger partial charge in [0, 0.05) is 56.1 Å². The molecule has 0 spiro atoms. The lowest BCUT2D eigenvalue weighted by Gasteiger charge is -2.29. The maximum absolute atomic E-state index is 14.2. The molecule has 2 aromatic heterocycles. The van der Waals surface area contributed by atoms with Crippen molar-refractivity contribution in [3.8, 4) is 0 Å². The van der Waals surface area contributed by atoms with Crippen LogP contribution in [0.2, 0.25) is 0 Å². The van der Waals surface area contributed by atoms with Gasteiger partial charge in [0.05, 0.1) is 13.2 Å². The molecule has 0 amide bonds. The van der Waals surface area contributed by atoms with E-state index in [2.05, 4.69) is 35.7 Å².